The molecule has 0 saturated heterocycles. The Morgan fingerprint density at radius 2 is 2.00 bits per heavy atom. The van der Waals surface area contributed by atoms with E-state index in [1.54, 1.807) is 6.92 Å². The van der Waals surface area contributed by atoms with Crippen molar-refractivity contribution < 1.29 is 9.53 Å². The lowest BCUT2D eigenvalue weighted by atomic mass is 10.1. The Kier molecular flexibility index (Phi) is 5.14. The molecular formula is C15H21N3O2S. The lowest BCUT2D eigenvalue weighted by molar-refractivity contribution is -0.126. The van der Waals surface area contributed by atoms with E-state index in [4.69, 9.17) is 17.0 Å². The van der Waals surface area contributed by atoms with Gasteiger partial charge in [0.2, 0.25) is 0 Å². The molecule has 0 saturated carbocycles. The van der Waals surface area contributed by atoms with Crippen molar-refractivity contribution in [2.24, 2.45) is 5.92 Å². The molecule has 114 valence electrons. The highest BCUT2D eigenvalue weighted by Crippen LogP contribution is 2.16. The molecule has 2 rings (SSSR count). The van der Waals surface area contributed by atoms with Crippen molar-refractivity contribution in [2.75, 3.05) is 11.9 Å². The van der Waals surface area contributed by atoms with Crippen molar-refractivity contribution in [3.05, 3.63) is 23.0 Å². The van der Waals surface area contributed by atoms with Gasteiger partial charge >= 0.3 is 0 Å². The number of ether oxygens (including phenoxy) is 1. The summed E-state index contributed by atoms with van der Waals surface area (Å²) >= 11 is 5.04. The molecule has 1 atom stereocenters. The molecule has 2 aromatic rings. The predicted octanol–water partition coefficient (Wildman–Crippen LogP) is 3.62. The van der Waals surface area contributed by atoms with Gasteiger partial charge in [0, 0.05) is 12.3 Å². The fraction of sp³-hybridized carbons (Fsp3) is 0.467. The first kappa shape index (κ1) is 15.7. The normalized spacial score (nSPS) is 12.8. The van der Waals surface area contributed by atoms with E-state index >= 15 is 0 Å². The molecule has 5 nitrogen and oxygen atoms in total. The van der Waals surface area contributed by atoms with Crippen LogP contribution < -0.4 is 5.32 Å². The number of carbonyl (C=O) groups excluding carboxylic acids is 1. The third-order valence-electron chi connectivity index (χ3n) is 3.22. The molecule has 21 heavy (non-hydrogen) atoms. The average Bonchev–Trinajstić information content (AvgIpc) is 2.77. The summed E-state index contributed by atoms with van der Waals surface area (Å²) < 4.78 is 6.10. The first-order valence-electron chi connectivity index (χ1n) is 7.10. The third kappa shape index (κ3) is 4.41. The third-order valence-corrected chi connectivity index (χ3v) is 3.42. The first-order valence-corrected chi connectivity index (χ1v) is 7.51. The van der Waals surface area contributed by atoms with Crippen molar-refractivity contribution >= 4 is 34.8 Å². The molecule has 0 radical (unpaired) electrons. The van der Waals surface area contributed by atoms with Crippen LogP contribution in [0.3, 0.4) is 0 Å². The number of benzene rings is 1. The number of hydrogen-bond acceptors (Lipinski definition) is 3. The van der Waals surface area contributed by atoms with E-state index in [1.165, 1.54) is 0 Å². The zero-order valence-corrected chi connectivity index (χ0v) is 13.3. The Labute approximate surface area is 129 Å². The molecule has 0 unspecified atom stereocenters. The molecule has 6 heteroatoms. The topological polar surface area (TPSA) is 69.9 Å². The van der Waals surface area contributed by atoms with Gasteiger partial charge in [0.05, 0.1) is 11.0 Å². The van der Waals surface area contributed by atoms with Gasteiger partial charge in [-0.15, -0.1) is 0 Å². The highest BCUT2D eigenvalue weighted by molar-refractivity contribution is 7.71. The summed E-state index contributed by atoms with van der Waals surface area (Å²) in [6, 6.07) is 5.56. The van der Waals surface area contributed by atoms with E-state index in [9.17, 15) is 4.79 Å². The second-order valence-electron chi connectivity index (χ2n) is 5.52. The Morgan fingerprint density at radius 3 is 2.71 bits per heavy atom. The van der Waals surface area contributed by atoms with Gasteiger partial charge in [-0.25, -0.2) is 0 Å². The van der Waals surface area contributed by atoms with Crippen molar-refractivity contribution in [3.63, 3.8) is 0 Å². The smallest absolute Gasteiger partial charge is 0.253 e. The maximum atomic E-state index is 12.1. The molecular weight excluding hydrogens is 286 g/mol. The summed E-state index contributed by atoms with van der Waals surface area (Å²) in [6.45, 7) is 6.61. The van der Waals surface area contributed by atoms with Gasteiger partial charge in [-0.1, -0.05) is 13.8 Å². The predicted molar refractivity (Wildman–Crippen MR) is 87.0 cm³/mol. The van der Waals surface area contributed by atoms with Gasteiger partial charge in [-0.3, -0.25) is 4.79 Å². The summed E-state index contributed by atoms with van der Waals surface area (Å²) in [5.41, 5.74) is 2.50. The fourth-order valence-electron chi connectivity index (χ4n) is 1.91. The number of anilines is 1. The number of nitrogens with one attached hydrogen (secondary N) is 3. The summed E-state index contributed by atoms with van der Waals surface area (Å²) in [6.07, 6.45) is 0.480. The number of aromatic amines is 2. The van der Waals surface area contributed by atoms with Crippen LogP contribution in [0.5, 0.6) is 0 Å². The standard InChI is InChI=1S/C15H21N3O2S/c1-9(2)6-7-20-10(3)14(19)16-11-4-5-12-13(8-11)18-15(21)17-12/h4-5,8-10H,6-7H2,1-3H3,(H,16,19)(H2,17,18,21)/t10-/m1/s1. The molecule has 0 aliphatic heterocycles. The molecule has 3 N–H and O–H groups in total. The van der Waals surface area contributed by atoms with Crippen molar-refractivity contribution in [1.29, 1.82) is 0 Å². The number of imidazole rings is 1. The molecule has 1 heterocycles. The number of hydrogen-bond donors (Lipinski definition) is 3. The van der Waals surface area contributed by atoms with Crippen LogP contribution in [0, 0.1) is 10.7 Å². The van der Waals surface area contributed by atoms with E-state index in [0.717, 1.165) is 23.1 Å². The van der Waals surface area contributed by atoms with Gasteiger partial charge in [-0.05, 0) is 49.7 Å². The maximum Gasteiger partial charge on any atom is 0.253 e. The lowest BCUT2D eigenvalue weighted by Gasteiger charge is -2.14. The number of amides is 1. The van der Waals surface area contributed by atoms with E-state index < -0.39 is 6.10 Å². The maximum absolute atomic E-state index is 12.1. The molecule has 1 aromatic carbocycles. The number of fused-ring (bicyclic) bond motifs is 1. The fourth-order valence-corrected chi connectivity index (χ4v) is 2.13. The SMILES string of the molecule is CC(C)CCO[C@H](C)C(=O)Nc1ccc2[nH]c(=S)[nH]c2c1. The molecule has 0 bridgehead atoms. The molecule has 1 amide bonds. The second kappa shape index (κ2) is 6.87. The van der Waals surface area contributed by atoms with Crippen molar-refractivity contribution in [1.82, 2.24) is 9.97 Å². The Balaban J connectivity index is 1.95. The number of carbonyl (C=O) groups is 1. The minimum atomic E-state index is -0.468. The monoisotopic (exact) mass is 307 g/mol. The zero-order valence-electron chi connectivity index (χ0n) is 12.5. The number of rotatable bonds is 6. The summed E-state index contributed by atoms with van der Waals surface area (Å²) in [4.78, 5) is 18.1. The number of H-pyrrole nitrogens is 2. The molecule has 0 spiro atoms. The molecule has 1 aromatic heterocycles. The van der Waals surface area contributed by atoms with Crippen LogP contribution in [0.2, 0.25) is 0 Å². The summed E-state index contributed by atoms with van der Waals surface area (Å²) in [5.74, 6) is 0.423. The Morgan fingerprint density at radius 1 is 1.29 bits per heavy atom. The van der Waals surface area contributed by atoms with Crippen LogP contribution in [0.1, 0.15) is 27.2 Å². The highest BCUT2D eigenvalue weighted by atomic mass is 32.1. The minimum absolute atomic E-state index is 0.146. The lowest BCUT2D eigenvalue weighted by Crippen LogP contribution is -2.28. The van der Waals surface area contributed by atoms with Gasteiger partial charge in [0.1, 0.15) is 6.10 Å². The van der Waals surface area contributed by atoms with Crippen LogP contribution in [-0.2, 0) is 9.53 Å². The highest BCUT2D eigenvalue weighted by Gasteiger charge is 2.14. The zero-order chi connectivity index (χ0) is 15.4. The summed E-state index contributed by atoms with van der Waals surface area (Å²) in [5, 5.41) is 2.85. The van der Waals surface area contributed by atoms with Crippen LogP contribution in [0.4, 0.5) is 5.69 Å². The van der Waals surface area contributed by atoms with E-state index in [0.29, 0.717) is 17.3 Å². The van der Waals surface area contributed by atoms with Gasteiger partial charge in [-0.2, -0.15) is 0 Å². The minimum Gasteiger partial charge on any atom is -0.369 e. The van der Waals surface area contributed by atoms with E-state index in [1.807, 2.05) is 18.2 Å². The van der Waals surface area contributed by atoms with Crippen LogP contribution in [0.25, 0.3) is 11.0 Å². The molecule has 0 aliphatic rings. The Hall–Kier alpha value is -1.66. The quantitative estimate of drug-likeness (QED) is 0.714. The van der Waals surface area contributed by atoms with Gasteiger partial charge < -0.3 is 20.0 Å². The van der Waals surface area contributed by atoms with Crippen LogP contribution in [0.15, 0.2) is 18.2 Å². The average molecular weight is 307 g/mol. The summed E-state index contributed by atoms with van der Waals surface area (Å²) in [7, 11) is 0. The van der Waals surface area contributed by atoms with Gasteiger partial charge in [0.15, 0.2) is 4.77 Å². The van der Waals surface area contributed by atoms with Crippen molar-refractivity contribution in [3.8, 4) is 0 Å². The second-order valence-corrected chi connectivity index (χ2v) is 5.93. The van der Waals surface area contributed by atoms with Gasteiger partial charge in [0.25, 0.3) is 5.91 Å². The van der Waals surface area contributed by atoms with E-state index in [-0.39, 0.29) is 5.91 Å². The number of aromatic nitrogens is 2. The van der Waals surface area contributed by atoms with E-state index in [2.05, 4.69) is 29.1 Å². The Bertz CT molecular complexity index is 675. The van der Waals surface area contributed by atoms with Crippen LogP contribution in [-0.4, -0.2) is 28.6 Å². The molecule has 0 aliphatic carbocycles. The molecule has 0 fully saturated rings. The van der Waals surface area contributed by atoms with Crippen molar-refractivity contribution in [2.45, 2.75) is 33.3 Å². The largest absolute Gasteiger partial charge is 0.369 e. The van der Waals surface area contributed by atoms with Crippen LogP contribution >= 0.6 is 12.2 Å². The first-order chi connectivity index (χ1) is 9.95.